The van der Waals surface area contributed by atoms with Crippen molar-refractivity contribution in [1.82, 2.24) is 0 Å². The molecule has 0 bridgehead atoms. The summed E-state index contributed by atoms with van der Waals surface area (Å²) in [5.41, 5.74) is 5.37. The predicted octanol–water partition coefficient (Wildman–Crippen LogP) is 17.3. The Morgan fingerprint density at radius 1 is 0.449 bits per heavy atom. The smallest absolute Gasteiger partial charge is 0.462 e. The first-order chi connectivity index (χ1) is 33.8. The molecule has 0 saturated heterocycles. The number of allylic oxidation sites excluding steroid dienone is 16. The largest absolute Gasteiger partial charge is 0.472 e. The van der Waals surface area contributed by atoms with Crippen molar-refractivity contribution in [2.24, 2.45) is 5.73 Å². The van der Waals surface area contributed by atoms with Gasteiger partial charge in [0.2, 0.25) is 0 Å². The predicted molar refractivity (Wildman–Crippen MR) is 293 cm³/mol. The van der Waals surface area contributed by atoms with E-state index >= 15 is 0 Å². The second kappa shape index (κ2) is 54.3. The molecule has 0 heterocycles. The number of nitrogens with two attached hydrogens (primary N) is 1. The summed E-state index contributed by atoms with van der Waals surface area (Å²) in [6.45, 7) is 3.61. The van der Waals surface area contributed by atoms with Gasteiger partial charge in [-0.25, -0.2) is 4.57 Å². The Balaban J connectivity index is 4.07. The van der Waals surface area contributed by atoms with Gasteiger partial charge < -0.3 is 20.1 Å². The van der Waals surface area contributed by atoms with Crippen LogP contribution < -0.4 is 5.73 Å². The summed E-state index contributed by atoms with van der Waals surface area (Å²) >= 11 is 0. The fourth-order valence-electron chi connectivity index (χ4n) is 7.37. The van der Waals surface area contributed by atoms with E-state index in [1.165, 1.54) is 109 Å². The third kappa shape index (κ3) is 54.1. The van der Waals surface area contributed by atoms with E-state index in [2.05, 4.69) is 111 Å². The third-order valence-corrected chi connectivity index (χ3v) is 12.4. The van der Waals surface area contributed by atoms with Gasteiger partial charge >= 0.3 is 19.8 Å². The zero-order valence-corrected chi connectivity index (χ0v) is 44.9. The Morgan fingerprint density at radius 2 is 0.797 bits per heavy atom. The number of hydrogen-bond acceptors (Lipinski definition) is 8. The first kappa shape index (κ1) is 65.9. The SMILES string of the molecule is CC/C=C\C/C=C\C/C=C\C/C=C\C/C=C\C/C=C\C/C=C\CCCCCCCCCC(=O)OC(COC(=O)CCCCCCCCCCC/C=C\CCCCCCCC)COP(=O)(O)OCCN. The van der Waals surface area contributed by atoms with Crippen LogP contribution >= 0.6 is 7.82 Å². The van der Waals surface area contributed by atoms with E-state index in [1.54, 1.807) is 0 Å². The molecule has 2 atom stereocenters. The molecular weight excluding hydrogens is 882 g/mol. The number of phosphoric ester groups is 1. The number of carbonyl (C=O) groups is 2. The van der Waals surface area contributed by atoms with Crippen molar-refractivity contribution in [2.45, 2.75) is 238 Å². The van der Waals surface area contributed by atoms with Gasteiger partial charge in [-0.2, -0.15) is 0 Å². The van der Waals surface area contributed by atoms with E-state index in [1.807, 2.05) is 0 Å². The maximum absolute atomic E-state index is 12.7. The molecule has 0 saturated carbocycles. The van der Waals surface area contributed by atoms with Crippen molar-refractivity contribution in [3.8, 4) is 0 Å². The van der Waals surface area contributed by atoms with Crippen LogP contribution in [0.2, 0.25) is 0 Å². The number of ether oxygens (including phenoxy) is 2. The van der Waals surface area contributed by atoms with Gasteiger partial charge in [0.05, 0.1) is 13.2 Å². The molecule has 10 heteroatoms. The molecule has 0 aromatic rings. The normalized spacial score (nSPS) is 13.9. The van der Waals surface area contributed by atoms with Crippen LogP contribution in [-0.2, 0) is 32.7 Å². The van der Waals surface area contributed by atoms with Crippen molar-refractivity contribution < 1.29 is 37.6 Å². The Hall–Kier alpha value is -3.07. The van der Waals surface area contributed by atoms with Crippen LogP contribution in [-0.4, -0.2) is 49.3 Å². The zero-order chi connectivity index (χ0) is 50.2. The van der Waals surface area contributed by atoms with Crippen LogP contribution in [0, 0.1) is 0 Å². The minimum atomic E-state index is -4.40. The summed E-state index contributed by atoms with van der Waals surface area (Å²) in [7, 11) is -4.40. The standard InChI is InChI=1S/C59H102NO8P/c1-3-5-7-9-11-13-15-17-19-21-23-24-25-26-27-28-29-30-31-32-34-36-38-40-42-44-46-48-50-52-59(62)68-57(56-67-69(63,64)66-54-53-60)55-65-58(61)51-49-47-45-43-41-39-37-35-33-22-20-18-16-14-12-10-8-6-4-2/h5,7,11,13,17-20,23-24,26-27,29-30,32,34,57H,3-4,6,8-10,12,14-16,21-22,25,28,31,33,35-56,60H2,1-2H3,(H,63,64)/b7-5-,13-11-,19-17-,20-18-,24-23-,27-26-,30-29-,34-32-. The van der Waals surface area contributed by atoms with Gasteiger partial charge in [-0.3, -0.25) is 18.6 Å². The number of hydrogen-bond donors (Lipinski definition) is 2. The van der Waals surface area contributed by atoms with Gasteiger partial charge in [0.1, 0.15) is 6.61 Å². The van der Waals surface area contributed by atoms with E-state index in [0.29, 0.717) is 6.42 Å². The lowest BCUT2D eigenvalue weighted by atomic mass is 10.1. The van der Waals surface area contributed by atoms with Gasteiger partial charge in [-0.05, 0) is 96.3 Å². The Bertz CT molecular complexity index is 1450. The summed E-state index contributed by atoms with van der Waals surface area (Å²) in [4.78, 5) is 35.1. The molecule has 396 valence electrons. The van der Waals surface area contributed by atoms with Crippen LogP contribution in [0.15, 0.2) is 97.2 Å². The van der Waals surface area contributed by atoms with E-state index in [9.17, 15) is 19.0 Å². The van der Waals surface area contributed by atoms with Crippen LogP contribution in [0.1, 0.15) is 232 Å². The molecule has 0 rings (SSSR count). The molecule has 69 heavy (non-hydrogen) atoms. The summed E-state index contributed by atoms with van der Waals surface area (Å²) in [6.07, 6.45) is 71.6. The quantitative estimate of drug-likeness (QED) is 0.0264. The van der Waals surface area contributed by atoms with E-state index in [-0.39, 0.29) is 38.6 Å². The van der Waals surface area contributed by atoms with Crippen molar-refractivity contribution >= 4 is 19.8 Å². The Labute approximate surface area is 423 Å². The van der Waals surface area contributed by atoms with E-state index in [0.717, 1.165) is 89.9 Å². The fraction of sp³-hybridized carbons (Fsp3) is 0.695. The third-order valence-electron chi connectivity index (χ3n) is 11.5. The molecule has 9 nitrogen and oxygen atoms in total. The highest BCUT2D eigenvalue weighted by Gasteiger charge is 2.26. The molecule has 0 spiro atoms. The zero-order valence-electron chi connectivity index (χ0n) is 44.0. The van der Waals surface area contributed by atoms with Gasteiger partial charge in [-0.1, -0.05) is 220 Å². The topological polar surface area (TPSA) is 134 Å². The summed E-state index contributed by atoms with van der Waals surface area (Å²) in [5.74, 6) is -0.845. The molecule has 0 aromatic carbocycles. The van der Waals surface area contributed by atoms with Crippen LogP contribution in [0.5, 0.6) is 0 Å². The minimum Gasteiger partial charge on any atom is -0.462 e. The lowest BCUT2D eigenvalue weighted by molar-refractivity contribution is -0.161. The number of carbonyl (C=O) groups excluding carboxylic acids is 2. The maximum Gasteiger partial charge on any atom is 0.472 e. The van der Waals surface area contributed by atoms with Gasteiger partial charge in [0.15, 0.2) is 6.10 Å². The highest BCUT2D eigenvalue weighted by atomic mass is 31.2. The minimum absolute atomic E-state index is 0.0467. The Morgan fingerprint density at radius 3 is 1.20 bits per heavy atom. The first-order valence-corrected chi connectivity index (χ1v) is 29.2. The lowest BCUT2D eigenvalue weighted by Crippen LogP contribution is -2.29. The summed E-state index contributed by atoms with van der Waals surface area (Å²) in [6, 6.07) is 0. The molecule has 0 aromatic heterocycles. The van der Waals surface area contributed by atoms with Crippen molar-refractivity contribution in [1.29, 1.82) is 0 Å². The highest BCUT2D eigenvalue weighted by Crippen LogP contribution is 2.43. The number of esters is 2. The fourth-order valence-corrected chi connectivity index (χ4v) is 8.14. The molecule has 0 radical (unpaired) electrons. The summed E-state index contributed by atoms with van der Waals surface area (Å²) < 4.78 is 33.0. The number of rotatable bonds is 51. The molecule has 2 unspecified atom stereocenters. The molecular formula is C59H102NO8P. The van der Waals surface area contributed by atoms with Crippen molar-refractivity contribution in [2.75, 3.05) is 26.4 Å². The second-order valence-electron chi connectivity index (χ2n) is 18.1. The van der Waals surface area contributed by atoms with E-state index < -0.39 is 26.5 Å². The van der Waals surface area contributed by atoms with Gasteiger partial charge in [0, 0.05) is 19.4 Å². The van der Waals surface area contributed by atoms with Crippen LogP contribution in [0.4, 0.5) is 0 Å². The van der Waals surface area contributed by atoms with Gasteiger partial charge in [0.25, 0.3) is 0 Å². The van der Waals surface area contributed by atoms with Crippen LogP contribution in [0.3, 0.4) is 0 Å². The van der Waals surface area contributed by atoms with Crippen LogP contribution in [0.25, 0.3) is 0 Å². The molecule has 3 N–H and O–H groups in total. The average molecular weight is 984 g/mol. The maximum atomic E-state index is 12.7. The van der Waals surface area contributed by atoms with Crippen molar-refractivity contribution in [3.63, 3.8) is 0 Å². The molecule has 0 aliphatic carbocycles. The molecule has 0 amide bonds. The second-order valence-corrected chi connectivity index (χ2v) is 19.5. The lowest BCUT2D eigenvalue weighted by Gasteiger charge is -2.19. The van der Waals surface area contributed by atoms with Gasteiger partial charge in [-0.15, -0.1) is 0 Å². The summed E-state index contributed by atoms with van der Waals surface area (Å²) in [5, 5.41) is 0. The molecule has 0 aliphatic rings. The first-order valence-electron chi connectivity index (χ1n) is 27.7. The average Bonchev–Trinajstić information content (AvgIpc) is 3.34. The molecule has 0 fully saturated rings. The van der Waals surface area contributed by atoms with E-state index in [4.69, 9.17) is 24.3 Å². The monoisotopic (exact) mass is 984 g/mol. The molecule has 0 aliphatic heterocycles. The van der Waals surface area contributed by atoms with Crippen molar-refractivity contribution in [3.05, 3.63) is 97.2 Å². The Kier molecular flexibility index (Phi) is 51.9. The highest BCUT2D eigenvalue weighted by molar-refractivity contribution is 7.47. The number of unbranched alkanes of at least 4 members (excludes halogenated alkanes) is 22. The number of phosphoric acid groups is 1.